The van der Waals surface area contributed by atoms with Crippen LogP contribution in [0, 0.1) is 13.8 Å². The fraction of sp³-hybridized carbons (Fsp3) is 0.0462. The monoisotopic (exact) mass is 855 g/mol. The molecule has 0 fully saturated rings. The molecule has 316 valence electrons. The van der Waals surface area contributed by atoms with Crippen LogP contribution in [0.1, 0.15) is 33.4 Å². The van der Waals surface area contributed by atoms with Gasteiger partial charge in [-0.25, -0.2) is 0 Å². The Bertz CT molecular complexity index is 3530. The van der Waals surface area contributed by atoms with Crippen molar-refractivity contribution < 1.29 is 4.74 Å². The average molecular weight is 856 g/mol. The number of nitrogens with zero attached hydrogens (tertiary/aromatic N) is 1. The fourth-order valence-electron chi connectivity index (χ4n) is 11.2. The lowest BCUT2D eigenvalue weighted by atomic mass is 9.65. The maximum atomic E-state index is 7.28. The molecule has 0 atom stereocenters. The zero-order valence-corrected chi connectivity index (χ0v) is 37.4. The third kappa shape index (κ3) is 6.10. The van der Waals surface area contributed by atoms with Crippen molar-refractivity contribution in [2.24, 2.45) is 0 Å². The van der Waals surface area contributed by atoms with E-state index in [9.17, 15) is 0 Å². The van der Waals surface area contributed by atoms with Gasteiger partial charge in [0.15, 0.2) is 0 Å². The van der Waals surface area contributed by atoms with E-state index < -0.39 is 5.41 Å². The number of anilines is 3. The van der Waals surface area contributed by atoms with Gasteiger partial charge in [0.1, 0.15) is 11.5 Å². The molecule has 0 aromatic heterocycles. The van der Waals surface area contributed by atoms with Crippen molar-refractivity contribution >= 4 is 38.6 Å². The summed E-state index contributed by atoms with van der Waals surface area (Å²) in [7, 11) is 0. The van der Waals surface area contributed by atoms with Crippen LogP contribution in [0.4, 0.5) is 17.1 Å². The first-order chi connectivity index (χ1) is 33.0. The number of fused-ring (bicyclic) bond motifs is 13. The molecule has 2 aliphatic rings. The van der Waals surface area contributed by atoms with E-state index in [4.69, 9.17) is 4.74 Å². The number of ether oxygens (including phenoxy) is 1. The van der Waals surface area contributed by atoms with Gasteiger partial charge in [-0.1, -0.05) is 211 Å². The first-order valence-corrected chi connectivity index (χ1v) is 23.2. The fourth-order valence-corrected chi connectivity index (χ4v) is 11.2. The number of rotatable bonds is 6. The molecule has 2 nitrogen and oxygen atoms in total. The molecule has 0 saturated carbocycles. The largest absolute Gasteiger partial charge is 0.455 e. The quantitative estimate of drug-likeness (QED) is 0.165. The number of hydrogen-bond donors (Lipinski definition) is 0. The molecule has 0 saturated heterocycles. The highest BCUT2D eigenvalue weighted by Gasteiger charge is 2.52. The Balaban J connectivity index is 0.978. The van der Waals surface area contributed by atoms with Crippen LogP contribution in [-0.4, -0.2) is 0 Å². The number of aryl methyl sites for hydroxylation is 2. The minimum absolute atomic E-state index is 0.614. The summed E-state index contributed by atoms with van der Waals surface area (Å²) in [5.74, 6) is 1.87. The summed E-state index contributed by atoms with van der Waals surface area (Å²) in [6.07, 6.45) is 0. The van der Waals surface area contributed by atoms with E-state index in [1.165, 1.54) is 88.7 Å². The Kier molecular flexibility index (Phi) is 8.91. The molecule has 2 heteroatoms. The summed E-state index contributed by atoms with van der Waals surface area (Å²) >= 11 is 0. The highest BCUT2D eigenvalue weighted by atomic mass is 16.5. The Labute approximate surface area is 391 Å². The molecule has 0 amide bonds. The van der Waals surface area contributed by atoms with Crippen molar-refractivity contribution in [1.29, 1.82) is 0 Å². The second-order valence-corrected chi connectivity index (χ2v) is 18.2. The molecule has 1 aliphatic carbocycles. The van der Waals surface area contributed by atoms with Crippen LogP contribution in [0.2, 0.25) is 0 Å². The molecule has 1 heterocycles. The van der Waals surface area contributed by atoms with Crippen LogP contribution in [0.3, 0.4) is 0 Å². The predicted molar refractivity (Wildman–Crippen MR) is 279 cm³/mol. The van der Waals surface area contributed by atoms with Gasteiger partial charge < -0.3 is 9.64 Å². The summed E-state index contributed by atoms with van der Waals surface area (Å²) < 4.78 is 7.28. The van der Waals surface area contributed by atoms with Gasteiger partial charge in [0.2, 0.25) is 0 Å². The van der Waals surface area contributed by atoms with Crippen molar-refractivity contribution in [3.05, 3.63) is 270 Å². The molecular weight excluding hydrogens is 811 g/mol. The maximum Gasteiger partial charge on any atom is 0.140 e. The van der Waals surface area contributed by atoms with E-state index in [0.29, 0.717) is 0 Å². The van der Waals surface area contributed by atoms with Crippen LogP contribution >= 0.6 is 0 Å². The van der Waals surface area contributed by atoms with Crippen molar-refractivity contribution in [1.82, 2.24) is 0 Å². The lowest BCUT2D eigenvalue weighted by Gasteiger charge is -2.40. The van der Waals surface area contributed by atoms with Crippen molar-refractivity contribution in [2.45, 2.75) is 19.3 Å². The predicted octanol–water partition coefficient (Wildman–Crippen LogP) is 17.5. The molecule has 1 spiro atoms. The molecule has 11 aromatic rings. The van der Waals surface area contributed by atoms with Crippen molar-refractivity contribution in [3.63, 3.8) is 0 Å². The topological polar surface area (TPSA) is 12.5 Å². The molecule has 0 unspecified atom stereocenters. The van der Waals surface area contributed by atoms with Crippen LogP contribution in [0.25, 0.3) is 66.1 Å². The first kappa shape index (κ1) is 39.0. The van der Waals surface area contributed by atoms with Gasteiger partial charge in [0.05, 0.1) is 5.41 Å². The van der Waals surface area contributed by atoms with Crippen LogP contribution in [0.15, 0.2) is 237 Å². The molecule has 67 heavy (non-hydrogen) atoms. The van der Waals surface area contributed by atoms with E-state index >= 15 is 0 Å². The van der Waals surface area contributed by atoms with Crippen molar-refractivity contribution in [3.8, 4) is 56.0 Å². The Morgan fingerprint density at radius 2 is 0.761 bits per heavy atom. The first-order valence-electron chi connectivity index (χ1n) is 23.2. The molecule has 0 bridgehead atoms. The highest BCUT2D eigenvalue weighted by molar-refractivity contribution is 6.02. The maximum absolute atomic E-state index is 7.28. The van der Waals surface area contributed by atoms with E-state index in [-0.39, 0.29) is 0 Å². The Morgan fingerprint density at radius 1 is 0.328 bits per heavy atom. The lowest BCUT2D eigenvalue weighted by molar-refractivity contribution is 0.447. The van der Waals surface area contributed by atoms with Gasteiger partial charge in [-0.2, -0.15) is 0 Å². The summed E-state index contributed by atoms with van der Waals surface area (Å²) in [6, 6.07) is 86.9. The highest BCUT2D eigenvalue weighted by Crippen LogP contribution is 2.65. The van der Waals surface area contributed by atoms with Gasteiger partial charge in [0, 0.05) is 39.0 Å². The van der Waals surface area contributed by atoms with Gasteiger partial charge in [-0.15, -0.1) is 0 Å². The molecular formula is C65H45NO. The van der Waals surface area contributed by atoms with Gasteiger partial charge >= 0.3 is 0 Å². The van der Waals surface area contributed by atoms with Crippen LogP contribution < -0.4 is 9.64 Å². The molecule has 11 aromatic carbocycles. The van der Waals surface area contributed by atoms with E-state index in [1.807, 2.05) is 0 Å². The minimum atomic E-state index is -0.614. The van der Waals surface area contributed by atoms with E-state index in [1.54, 1.807) is 0 Å². The Morgan fingerprint density at radius 3 is 1.28 bits per heavy atom. The third-order valence-corrected chi connectivity index (χ3v) is 14.2. The summed E-state index contributed by atoms with van der Waals surface area (Å²) in [4.78, 5) is 2.36. The van der Waals surface area contributed by atoms with Gasteiger partial charge in [-0.3, -0.25) is 0 Å². The third-order valence-electron chi connectivity index (χ3n) is 14.2. The van der Waals surface area contributed by atoms with Crippen LogP contribution in [-0.2, 0) is 5.41 Å². The molecule has 0 N–H and O–H groups in total. The van der Waals surface area contributed by atoms with Gasteiger partial charge in [0.25, 0.3) is 0 Å². The second kappa shape index (κ2) is 15.3. The summed E-state index contributed by atoms with van der Waals surface area (Å²) in [5.41, 5.74) is 19.7. The summed E-state index contributed by atoms with van der Waals surface area (Å²) in [6.45, 7) is 4.32. The number of benzene rings is 11. The van der Waals surface area contributed by atoms with Gasteiger partial charge in [-0.05, 0) is 117 Å². The lowest BCUT2D eigenvalue weighted by Crippen LogP contribution is -2.32. The van der Waals surface area contributed by atoms with E-state index in [2.05, 4.69) is 255 Å². The SMILES string of the molecule is Cc1ccc2c3c(ccc2c1)C1(c2ccccc2-c2c(-c4ccc(N(c5ccc(-c6ccccc6)cc5)c5ccc(-c6ccccc6)cc5)cc4)cccc21)c1ccc2cc(C)ccc2c1O3. The summed E-state index contributed by atoms with van der Waals surface area (Å²) in [5, 5.41) is 4.62. The normalized spacial score (nSPS) is 12.9. The zero-order valence-electron chi connectivity index (χ0n) is 37.4. The second-order valence-electron chi connectivity index (χ2n) is 18.2. The van der Waals surface area contributed by atoms with E-state index in [0.717, 1.165) is 39.3 Å². The van der Waals surface area contributed by atoms with Crippen molar-refractivity contribution in [2.75, 3.05) is 4.90 Å². The molecule has 13 rings (SSSR count). The minimum Gasteiger partial charge on any atom is -0.455 e. The Hall–Kier alpha value is -8.46. The molecule has 1 aliphatic heterocycles. The molecule has 0 radical (unpaired) electrons. The smallest absolute Gasteiger partial charge is 0.140 e. The zero-order chi connectivity index (χ0) is 44.6. The van der Waals surface area contributed by atoms with Crippen LogP contribution in [0.5, 0.6) is 11.5 Å². The standard InChI is InChI=1S/C65H45NO/c1-42-20-36-55-49(40-42)28-38-60-63(55)67-64-56-37-21-43(2)41-50(56)29-39-61(64)65(60)58-18-10-9-16-57(58)62-54(17-11-19-59(62)65)48-26-34-53(35-27-48)66(51-30-22-46(23-31-51)44-12-5-3-6-13-44)52-32-24-47(25-33-52)45-14-7-4-8-15-45/h3-41H,1-2H3. The number of hydrogen-bond acceptors (Lipinski definition) is 2. The average Bonchev–Trinajstić information content (AvgIpc) is 3.68.